The van der Waals surface area contributed by atoms with Gasteiger partial charge in [-0.2, -0.15) is 4.98 Å². The van der Waals surface area contributed by atoms with E-state index in [-0.39, 0.29) is 23.7 Å². The van der Waals surface area contributed by atoms with Crippen molar-refractivity contribution in [2.24, 2.45) is 0 Å². The summed E-state index contributed by atoms with van der Waals surface area (Å²) in [4.78, 5) is 56.9. The molecule has 1 unspecified atom stereocenters. The highest BCUT2D eigenvalue weighted by Gasteiger charge is 2.51. The number of imidazole rings is 1. The first-order valence-corrected chi connectivity index (χ1v) is 8.53. The minimum atomic E-state index is -1.13. The fraction of sp³-hybridized carbons (Fsp3) is 0.500. The number of nitrogens with zero attached hydrogens (tertiary/aromatic N) is 3. The molecule has 0 aliphatic carbocycles. The van der Waals surface area contributed by atoms with Gasteiger partial charge in [-0.15, -0.1) is 0 Å². The lowest BCUT2D eigenvalue weighted by molar-refractivity contribution is -0.166. The normalized spacial score (nSPS) is 23.7. The molecular weight excluding hydrogens is 390 g/mol. The number of aromatic nitrogens is 4. The number of aromatic amines is 1. The topological polar surface area (TPSA) is 178 Å². The second kappa shape index (κ2) is 7.87. The molecule has 0 amide bonds. The summed E-state index contributed by atoms with van der Waals surface area (Å²) >= 11 is 0. The van der Waals surface area contributed by atoms with Crippen LogP contribution in [0.2, 0.25) is 0 Å². The Kier molecular flexibility index (Phi) is 5.50. The summed E-state index contributed by atoms with van der Waals surface area (Å²) in [5, 5.41) is 0. The Morgan fingerprint density at radius 1 is 1.17 bits per heavy atom. The molecule has 2 aromatic rings. The first kappa shape index (κ1) is 20.3. The number of carbonyl (C=O) groups is 3. The summed E-state index contributed by atoms with van der Waals surface area (Å²) in [5.74, 6) is -2.04. The lowest BCUT2D eigenvalue weighted by Crippen LogP contribution is -2.40. The number of fused-ring (bicyclic) bond motifs is 1. The molecule has 13 nitrogen and oxygen atoms in total. The second-order valence-electron chi connectivity index (χ2n) is 6.29. The van der Waals surface area contributed by atoms with Gasteiger partial charge in [0, 0.05) is 20.8 Å². The fourth-order valence-corrected chi connectivity index (χ4v) is 3.05. The van der Waals surface area contributed by atoms with Crippen molar-refractivity contribution in [3.63, 3.8) is 0 Å². The van der Waals surface area contributed by atoms with Gasteiger partial charge in [-0.05, 0) is 0 Å². The van der Waals surface area contributed by atoms with E-state index < -0.39 is 48.0 Å². The summed E-state index contributed by atoms with van der Waals surface area (Å²) in [6.45, 7) is 3.30. The zero-order chi connectivity index (χ0) is 21.3. The smallest absolute Gasteiger partial charge is 0.303 e. The Morgan fingerprint density at radius 2 is 1.83 bits per heavy atom. The molecule has 3 rings (SSSR count). The number of hydrogen-bond donors (Lipinski definition) is 2. The summed E-state index contributed by atoms with van der Waals surface area (Å²) in [7, 11) is 0. The van der Waals surface area contributed by atoms with E-state index in [0.29, 0.717) is 0 Å². The maximum atomic E-state index is 12.0. The zero-order valence-electron chi connectivity index (χ0n) is 15.8. The van der Waals surface area contributed by atoms with E-state index in [4.69, 9.17) is 24.7 Å². The van der Waals surface area contributed by atoms with E-state index >= 15 is 0 Å². The van der Waals surface area contributed by atoms with Crippen molar-refractivity contribution >= 4 is 35.0 Å². The third-order valence-electron chi connectivity index (χ3n) is 4.07. The molecule has 156 valence electrons. The average Bonchev–Trinajstić information content (AvgIpc) is 3.15. The van der Waals surface area contributed by atoms with Gasteiger partial charge in [-0.3, -0.25) is 28.7 Å². The molecule has 0 aromatic carbocycles. The Morgan fingerprint density at radius 3 is 2.45 bits per heavy atom. The molecule has 1 aliphatic rings. The maximum absolute atomic E-state index is 12.0. The fourth-order valence-electron chi connectivity index (χ4n) is 3.05. The highest BCUT2D eigenvalue weighted by molar-refractivity contribution is 5.71. The van der Waals surface area contributed by atoms with Crippen LogP contribution in [0.15, 0.2) is 11.1 Å². The van der Waals surface area contributed by atoms with Crippen LogP contribution in [0.1, 0.15) is 27.0 Å². The van der Waals surface area contributed by atoms with E-state index in [1.54, 1.807) is 0 Å². The molecule has 1 fully saturated rings. The largest absolute Gasteiger partial charge is 0.463 e. The van der Waals surface area contributed by atoms with Crippen molar-refractivity contribution < 1.29 is 33.3 Å². The van der Waals surface area contributed by atoms with Gasteiger partial charge < -0.3 is 24.7 Å². The van der Waals surface area contributed by atoms with Gasteiger partial charge in [0.15, 0.2) is 29.6 Å². The summed E-state index contributed by atoms with van der Waals surface area (Å²) in [6.07, 6.45) is -2.99. The monoisotopic (exact) mass is 409 g/mol. The summed E-state index contributed by atoms with van der Waals surface area (Å²) in [6, 6.07) is 0. The van der Waals surface area contributed by atoms with E-state index in [1.807, 2.05) is 0 Å². The SMILES string of the molecule is CC(=O)OC[C@H]1O[C@@H](n2cnc3c(=O)[nH]c(N)nc32)C(OC(C)=O)[C@H]1OC(C)=O. The van der Waals surface area contributed by atoms with Crippen LogP contribution in [0.4, 0.5) is 5.95 Å². The van der Waals surface area contributed by atoms with E-state index in [2.05, 4.69) is 15.0 Å². The molecule has 0 spiro atoms. The van der Waals surface area contributed by atoms with E-state index in [0.717, 1.165) is 0 Å². The van der Waals surface area contributed by atoms with Gasteiger partial charge >= 0.3 is 17.9 Å². The van der Waals surface area contributed by atoms with Crippen LogP contribution in [0, 0.1) is 0 Å². The number of rotatable bonds is 5. The second-order valence-corrected chi connectivity index (χ2v) is 6.29. The number of H-pyrrole nitrogens is 1. The van der Waals surface area contributed by atoms with Crippen molar-refractivity contribution in [3.05, 3.63) is 16.7 Å². The third-order valence-corrected chi connectivity index (χ3v) is 4.07. The van der Waals surface area contributed by atoms with Crippen molar-refractivity contribution in [2.45, 2.75) is 45.3 Å². The number of nitrogens with one attached hydrogen (secondary N) is 1. The van der Waals surface area contributed by atoms with Crippen molar-refractivity contribution in [2.75, 3.05) is 12.3 Å². The molecule has 29 heavy (non-hydrogen) atoms. The van der Waals surface area contributed by atoms with Gasteiger partial charge in [0.2, 0.25) is 5.95 Å². The standard InChI is InChI=1S/C16H19N5O8/c1-6(22)26-4-9-11(27-7(2)23)12(28-8(3)24)15(29-9)21-5-18-10-13(21)19-16(17)20-14(10)25/h5,9,11-12,15H,4H2,1-3H3,(H3,17,19,20,25)/t9-,11+,12?,15-/m1/s1. The Balaban J connectivity index is 2.05. The van der Waals surface area contributed by atoms with Gasteiger partial charge in [-0.25, -0.2) is 4.98 Å². The number of nitrogen functional groups attached to an aromatic ring is 1. The number of hydrogen-bond acceptors (Lipinski definition) is 11. The van der Waals surface area contributed by atoms with Gasteiger partial charge in [0.1, 0.15) is 12.7 Å². The first-order valence-electron chi connectivity index (χ1n) is 8.53. The predicted octanol–water partition coefficient (Wildman–Crippen LogP) is -0.974. The average molecular weight is 409 g/mol. The molecule has 0 bridgehead atoms. The summed E-state index contributed by atoms with van der Waals surface area (Å²) < 4.78 is 22.8. The van der Waals surface area contributed by atoms with E-state index in [9.17, 15) is 19.2 Å². The van der Waals surface area contributed by atoms with Gasteiger partial charge in [0.05, 0.1) is 6.33 Å². The molecule has 1 saturated heterocycles. The zero-order valence-corrected chi connectivity index (χ0v) is 15.8. The molecule has 3 N–H and O–H groups in total. The molecule has 2 aromatic heterocycles. The van der Waals surface area contributed by atoms with Crippen LogP contribution in [0.25, 0.3) is 11.2 Å². The summed E-state index contributed by atoms with van der Waals surface area (Å²) in [5.41, 5.74) is 5.09. The van der Waals surface area contributed by atoms with Crippen molar-refractivity contribution in [1.82, 2.24) is 19.5 Å². The minimum Gasteiger partial charge on any atom is -0.463 e. The lowest BCUT2D eigenvalue weighted by atomic mass is 10.1. The molecular formula is C16H19N5O8. The number of carbonyl (C=O) groups excluding carboxylic acids is 3. The first-order chi connectivity index (χ1) is 13.7. The van der Waals surface area contributed by atoms with Crippen molar-refractivity contribution in [1.29, 1.82) is 0 Å². The molecule has 0 radical (unpaired) electrons. The van der Waals surface area contributed by atoms with Gasteiger partial charge in [0.25, 0.3) is 5.56 Å². The van der Waals surface area contributed by atoms with Crippen LogP contribution in [0.3, 0.4) is 0 Å². The highest BCUT2D eigenvalue weighted by Crippen LogP contribution is 2.35. The molecule has 0 saturated carbocycles. The Bertz CT molecular complexity index is 1010. The third kappa shape index (κ3) is 4.18. The van der Waals surface area contributed by atoms with Crippen LogP contribution >= 0.6 is 0 Å². The Hall–Kier alpha value is -3.48. The van der Waals surface area contributed by atoms with Crippen LogP contribution in [-0.4, -0.2) is 62.3 Å². The number of ether oxygens (including phenoxy) is 4. The van der Waals surface area contributed by atoms with E-state index in [1.165, 1.54) is 31.7 Å². The number of anilines is 1. The van der Waals surface area contributed by atoms with Crippen LogP contribution in [-0.2, 0) is 33.3 Å². The number of esters is 3. The predicted molar refractivity (Wildman–Crippen MR) is 94.2 cm³/mol. The Labute approximate surface area is 163 Å². The molecule has 1 aliphatic heterocycles. The van der Waals surface area contributed by atoms with Crippen LogP contribution in [0.5, 0.6) is 0 Å². The minimum absolute atomic E-state index is 0.0168. The number of nitrogens with two attached hydrogens (primary N) is 1. The molecule has 13 heteroatoms. The maximum Gasteiger partial charge on any atom is 0.303 e. The molecule has 4 atom stereocenters. The van der Waals surface area contributed by atoms with Gasteiger partial charge in [-0.1, -0.05) is 0 Å². The van der Waals surface area contributed by atoms with Crippen LogP contribution < -0.4 is 11.3 Å². The van der Waals surface area contributed by atoms with Crippen molar-refractivity contribution in [3.8, 4) is 0 Å². The highest BCUT2D eigenvalue weighted by atomic mass is 16.7. The molecule has 3 heterocycles. The quantitative estimate of drug-likeness (QED) is 0.458. The lowest BCUT2D eigenvalue weighted by Gasteiger charge is -2.23.